The van der Waals surface area contributed by atoms with Crippen LogP contribution in [0.3, 0.4) is 0 Å². The fourth-order valence-corrected chi connectivity index (χ4v) is 0.822. The third-order valence-corrected chi connectivity index (χ3v) is 1.39. The van der Waals surface area contributed by atoms with Crippen LogP contribution in [0.5, 0.6) is 0 Å². The topological polar surface area (TPSA) is 47.6 Å². The monoisotopic (exact) mass is 189 g/mol. The van der Waals surface area contributed by atoms with Crippen molar-refractivity contribution in [1.82, 2.24) is 5.32 Å². The third-order valence-electron chi connectivity index (χ3n) is 1.39. The molecule has 1 unspecified atom stereocenters. The second-order valence-electron chi connectivity index (χ2n) is 3.29. The minimum Gasteiger partial charge on any atom is -0.459 e. The number of hydrogen-bond donors (Lipinski definition) is 1. The first kappa shape index (κ1) is 12.4. The van der Waals surface area contributed by atoms with Crippen LogP contribution in [0.2, 0.25) is 0 Å². The van der Waals surface area contributed by atoms with Gasteiger partial charge in [0.15, 0.2) is 0 Å². The fraction of sp³-hybridized carbons (Fsp3) is 0.889. The summed E-state index contributed by atoms with van der Waals surface area (Å²) in [7, 11) is 1.58. The lowest BCUT2D eigenvalue weighted by molar-refractivity contribution is -0.149. The zero-order chi connectivity index (χ0) is 10.3. The first-order valence-corrected chi connectivity index (χ1v) is 4.48. The van der Waals surface area contributed by atoms with E-state index in [0.717, 1.165) is 0 Å². The van der Waals surface area contributed by atoms with E-state index in [4.69, 9.17) is 9.47 Å². The molecule has 0 fully saturated rings. The maximum absolute atomic E-state index is 11.1. The molecule has 78 valence electrons. The van der Waals surface area contributed by atoms with E-state index in [1.165, 1.54) is 0 Å². The minimum absolute atomic E-state index is 0.175. The lowest BCUT2D eigenvalue weighted by Crippen LogP contribution is -2.32. The number of esters is 1. The zero-order valence-electron chi connectivity index (χ0n) is 8.79. The quantitative estimate of drug-likeness (QED) is 0.620. The Balaban J connectivity index is 3.50. The highest BCUT2D eigenvalue weighted by molar-refractivity contribution is 5.71. The van der Waals surface area contributed by atoms with E-state index in [1.54, 1.807) is 14.0 Å². The van der Waals surface area contributed by atoms with Crippen molar-refractivity contribution in [2.45, 2.75) is 32.9 Å². The van der Waals surface area contributed by atoms with Crippen LogP contribution < -0.4 is 5.32 Å². The van der Waals surface area contributed by atoms with Gasteiger partial charge in [0.2, 0.25) is 0 Å². The number of methoxy groups -OCH3 is 1. The lowest BCUT2D eigenvalue weighted by atomic mass is 10.4. The molecule has 0 aliphatic carbocycles. The van der Waals surface area contributed by atoms with Gasteiger partial charge in [0.1, 0.15) is 6.10 Å². The van der Waals surface area contributed by atoms with E-state index < -0.39 is 0 Å². The molecule has 0 heterocycles. The molecule has 0 aromatic carbocycles. The Morgan fingerprint density at radius 1 is 1.38 bits per heavy atom. The number of ether oxygens (including phenoxy) is 2. The van der Waals surface area contributed by atoms with Crippen LogP contribution in [-0.4, -0.2) is 38.4 Å². The van der Waals surface area contributed by atoms with Gasteiger partial charge in [0.25, 0.3) is 0 Å². The Kier molecular flexibility index (Phi) is 6.54. The summed E-state index contributed by atoms with van der Waals surface area (Å²) in [5, 5.41) is 2.98. The Morgan fingerprint density at radius 3 is 2.46 bits per heavy atom. The maximum atomic E-state index is 11.1. The summed E-state index contributed by atoms with van der Waals surface area (Å²) in [4.78, 5) is 11.1. The standard InChI is InChI=1S/C9H19NO3/c1-7(2)10-5-9(11)13-8(3)6-12-4/h7-8,10H,5-6H2,1-4H3. The van der Waals surface area contributed by atoms with Crippen molar-refractivity contribution in [2.75, 3.05) is 20.3 Å². The zero-order valence-corrected chi connectivity index (χ0v) is 8.79. The predicted octanol–water partition coefficient (Wildman–Crippen LogP) is 0.562. The van der Waals surface area contributed by atoms with Crippen molar-refractivity contribution in [3.63, 3.8) is 0 Å². The first-order chi connectivity index (χ1) is 6.06. The van der Waals surface area contributed by atoms with Crippen LogP contribution >= 0.6 is 0 Å². The molecule has 4 heteroatoms. The van der Waals surface area contributed by atoms with Gasteiger partial charge in [-0.3, -0.25) is 4.79 Å². The van der Waals surface area contributed by atoms with Crippen molar-refractivity contribution in [1.29, 1.82) is 0 Å². The summed E-state index contributed by atoms with van der Waals surface area (Å²) < 4.78 is 9.85. The van der Waals surface area contributed by atoms with Gasteiger partial charge in [-0.05, 0) is 6.92 Å². The molecule has 4 nitrogen and oxygen atoms in total. The molecule has 0 spiro atoms. The van der Waals surface area contributed by atoms with Crippen LogP contribution in [0, 0.1) is 0 Å². The number of rotatable bonds is 6. The summed E-state index contributed by atoms with van der Waals surface area (Å²) in [6.45, 7) is 6.45. The minimum atomic E-state index is -0.238. The average molecular weight is 189 g/mol. The average Bonchev–Trinajstić information content (AvgIpc) is 2.01. The third kappa shape index (κ3) is 7.74. The molecule has 1 N–H and O–H groups in total. The van der Waals surface area contributed by atoms with Crippen LogP contribution in [0.1, 0.15) is 20.8 Å². The molecule has 0 amide bonds. The first-order valence-electron chi connectivity index (χ1n) is 4.48. The van der Waals surface area contributed by atoms with Crippen molar-refractivity contribution < 1.29 is 14.3 Å². The SMILES string of the molecule is COCC(C)OC(=O)CNC(C)C. The van der Waals surface area contributed by atoms with Gasteiger partial charge in [-0.1, -0.05) is 13.8 Å². The van der Waals surface area contributed by atoms with Gasteiger partial charge in [0, 0.05) is 13.2 Å². The lowest BCUT2D eigenvalue weighted by Gasteiger charge is -2.13. The number of carbonyl (C=O) groups is 1. The van der Waals surface area contributed by atoms with E-state index in [0.29, 0.717) is 12.6 Å². The van der Waals surface area contributed by atoms with Crippen molar-refractivity contribution in [3.8, 4) is 0 Å². The molecule has 0 aliphatic heterocycles. The van der Waals surface area contributed by atoms with E-state index in [-0.39, 0.29) is 18.6 Å². The van der Waals surface area contributed by atoms with Crippen LogP contribution in [-0.2, 0) is 14.3 Å². The normalized spacial score (nSPS) is 13.0. The van der Waals surface area contributed by atoms with E-state index in [1.807, 2.05) is 13.8 Å². The fourth-order valence-electron chi connectivity index (χ4n) is 0.822. The van der Waals surface area contributed by atoms with E-state index >= 15 is 0 Å². The number of nitrogens with one attached hydrogen (secondary N) is 1. The molecule has 0 aliphatic rings. The smallest absolute Gasteiger partial charge is 0.320 e. The molecule has 0 rings (SSSR count). The van der Waals surface area contributed by atoms with Gasteiger partial charge in [0.05, 0.1) is 13.2 Å². The van der Waals surface area contributed by atoms with E-state index in [9.17, 15) is 4.79 Å². The molecule has 0 aromatic heterocycles. The molecule has 0 bridgehead atoms. The second-order valence-corrected chi connectivity index (χ2v) is 3.29. The Hall–Kier alpha value is -0.610. The summed E-state index contributed by atoms with van der Waals surface area (Å²) in [6.07, 6.45) is -0.175. The van der Waals surface area contributed by atoms with E-state index in [2.05, 4.69) is 5.32 Å². The maximum Gasteiger partial charge on any atom is 0.320 e. The van der Waals surface area contributed by atoms with Gasteiger partial charge >= 0.3 is 5.97 Å². The molecule has 0 radical (unpaired) electrons. The van der Waals surface area contributed by atoms with Crippen LogP contribution in [0.15, 0.2) is 0 Å². The Labute approximate surface area is 79.6 Å². The van der Waals surface area contributed by atoms with Crippen LogP contribution in [0.25, 0.3) is 0 Å². The van der Waals surface area contributed by atoms with Gasteiger partial charge in [-0.2, -0.15) is 0 Å². The molecule has 0 saturated heterocycles. The molecular weight excluding hydrogens is 170 g/mol. The second kappa shape index (κ2) is 6.86. The number of hydrogen-bond acceptors (Lipinski definition) is 4. The van der Waals surface area contributed by atoms with Gasteiger partial charge < -0.3 is 14.8 Å². The van der Waals surface area contributed by atoms with Crippen molar-refractivity contribution in [2.24, 2.45) is 0 Å². The highest BCUT2D eigenvalue weighted by atomic mass is 16.6. The molecule has 1 atom stereocenters. The van der Waals surface area contributed by atoms with Crippen LogP contribution in [0.4, 0.5) is 0 Å². The molecular formula is C9H19NO3. The van der Waals surface area contributed by atoms with Crippen molar-refractivity contribution >= 4 is 5.97 Å². The molecule has 13 heavy (non-hydrogen) atoms. The van der Waals surface area contributed by atoms with Gasteiger partial charge in [-0.25, -0.2) is 0 Å². The summed E-state index contributed by atoms with van der Waals surface area (Å²) in [6, 6.07) is 0.297. The summed E-state index contributed by atoms with van der Waals surface area (Å²) in [5.74, 6) is -0.238. The highest BCUT2D eigenvalue weighted by Gasteiger charge is 2.08. The Bertz CT molecular complexity index is 148. The summed E-state index contributed by atoms with van der Waals surface area (Å²) in [5.41, 5.74) is 0. The predicted molar refractivity (Wildman–Crippen MR) is 50.6 cm³/mol. The van der Waals surface area contributed by atoms with Crippen molar-refractivity contribution in [3.05, 3.63) is 0 Å². The highest BCUT2D eigenvalue weighted by Crippen LogP contribution is 1.91. The molecule has 0 saturated carbocycles. The number of carbonyl (C=O) groups excluding carboxylic acids is 1. The van der Waals surface area contributed by atoms with Gasteiger partial charge in [-0.15, -0.1) is 0 Å². The largest absolute Gasteiger partial charge is 0.459 e. The Morgan fingerprint density at radius 2 is 2.00 bits per heavy atom. The summed E-state index contributed by atoms with van der Waals surface area (Å²) >= 11 is 0. The molecule has 0 aromatic rings.